The van der Waals surface area contributed by atoms with Crippen LogP contribution in [0, 0.1) is 5.41 Å². The molecule has 0 aliphatic heterocycles. The molecule has 0 spiro atoms. The number of hydrogen-bond donors (Lipinski definition) is 4. The number of nitrogens with zero attached hydrogens (tertiary/aromatic N) is 11. The number of para-hydroxylation sites is 4. The Hall–Kier alpha value is -18.1. The summed E-state index contributed by atoms with van der Waals surface area (Å²) >= 11 is 0. The SMILES string of the molecule is CCOC(=N)c1ccccc1-c1ccc(Cn2c(OCC)nc3cccc(C(=O)OC)c32)cc1.CCOC(=NC(=O)OC)c1ccccc1-c1ccc(Cn2c(OCC)nc3cccc(C(=O)OC)c32)cc1.CCOc1nc2cccc(C(=O)O)c2n1Cc1ccc(-c2ccccc2-c2noc(=O)[nH]2)cc1.CCOc1nc2cccc(C(=O)OC)c2n1Cc1ccc(-c2ccccc2-c2noc(=O)[nH]2)cc1. The average Bonchev–Trinajstić information content (AvgIpc) is 1.64. The molecular formula is C107H98N14O20. The monoisotopic (exact) mass is 1900 g/mol. The van der Waals surface area contributed by atoms with Crippen molar-refractivity contribution in [1.29, 1.82) is 5.41 Å². The van der Waals surface area contributed by atoms with Gasteiger partial charge in [-0.25, -0.2) is 33.6 Å². The summed E-state index contributed by atoms with van der Waals surface area (Å²) < 4.78 is 70.6. The number of aromatic carboxylic acids is 1. The predicted octanol–water partition coefficient (Wildman–Crippen LogP) is 19.3. The molecule has 0 saturated heterocycles. The molecule has 4 N–H and O–H groups in total. The molecule has 0 radical (unpaired) electrons. The van der Waals surface area contributed by atoms with Crippen LogP contribution >= 0.6 is 0 Å². The number of aromatic nitrogens is 12. The molecule has 0 bridgehead atoms. The van der Waals surface area contributed by atoms with Gasteiger partial charge in [0.05, 0.1) is 161 Å². The molecule has 18 rings (SSSR count). The van der Waals surface area contributed by atoms with Crippen molar-refractivity contribution in [2.75, 3.05) is 68.1 Å². The van der Waals surface area contributed by atoms with Gasteiger partial charge in [0.1, 0.15) is 0 Å². The van der Waals surface area contributed by atoms with Crippen molar-refractivity contribution in [2.45, 2.75) is 67.7 Å². The number of hydrogen-bond acceptors (Lipinski definition) is 26. The molecule has 0 fully saturated rings. The highest BCUT2D eigenvalue weighted by molar-refractivity contribution is 6.07. The number of imidazole rings is 4. The van der Waals surface area contributed by atoms with Crippen molar-refractivity contribution in [2.24, 2.45) is 4.99 Å². The van der Waals surface area contributed by atoms with Gasteiger partial charge in [-0.1, -0.05) is 217 Å². The summed E-state index contributed by atoms with van der Waals surface area (Å²) in [5.41, 5.74) is 20.7. The fourth-order valence-electron chi connectivity index (χ4n) is 16.2. The lowest BCUT2D eigenvalue weighted by Gasteiger charge is -2.14. The number of benzene rings is 12. The van der Waals surface area contributed by atoms with E-state index in [9.17, 15) is 38.7 Å². The highest BCUT2D eigenvalue weighted by atomic mass is 16.6. The Bertz CT molecular complexity index is 7720. The van der Waals surface area contributed by atoms with Gasteiger partial charge >= 0.3 is 41.5 Å². The summed E-state index contributed by atoms with van der Waals surface area (Å²) in [5.74, 6) is -2.44. The fourth-order valence-corrected chi connectivity index (χ4v) is 16.2. The average molecular weight is 1900 g/mol. The summed E-state index contributed by atoms with van der Waals surface area (Å²) in [4.78, 5) is 111. The number of carbonyl (C=O) groups is 5. The van der Waals surface area contributed by atoms with Crippen LogP contribution < -0.4 is 30.5 Å². The van der Waals surface area contributed by atoms with E-state index in [0.717, 1.165) is 83.5 Å². The van der Waals surface area contributed by atoms with Gasteiger partial charge in [0.15, 0.2) is 11.6 Å². The Balaban J connectivity index is 0.000000142. The van der Waals surface area contributed by atoms with Gasteiger partial charge in [-0.05, 0) is 169 Å². The Morgan fingerprint density at radius 1 is 0.333 bits per heavy atom. The van der Waals surface area contributed by atoms with Crippen LogP contribution in [0.25, 0.3) is 111 Å². The molecule has 0 aliphatic rings. The quantitative estimate of drug-likeness (QED) is 0.0141. The second kappa shape index (κ2) is 45.5. The molecule has 0 atom stereocenters. The van der Waals surface area contributed by atoms with Gasteiger partial charge in [-0.15, -0.1) is 4.99 Å². The van der Waals surface area contributed by atoms with Crippen LogP contribution in [0.2, 0.25) is 0 Å². The zero-order valence-electron chi connectivity index (χ0n) is 78.6. The second-order valence-corrected chi connectivity index (χ2v) is 31.1. The van der Waals surface area contributed by atoms with Crippen LogP contribution in [0.15, 0.2) is 291 Å². The van der Waals surface area contributed by atoms with Crippen molar-refractivity contribution in [3.8, 4) is 91.3 Å². The number of aliphatic imine (C=N–C) groups is 1. The van der Waals surface area contributed by atoms with Crippen LogP contribution in [0.1, 0.15) is 116 Å². The lowest BCUT2D eigenvalue weighted by atomic mass is 9.98. The highest BCUT2D eigenvalue weighted by Gasteiger charge is 2.27. The van der Waals surface area contributed by atoms with Crippen molar-refractivity contribution >= 4 is 85.9 Å². The highest BCUT2D eigenvalue weighted by Crippen LogP contribution is 2.38. The first-order chi connectivity index (χ1) is 68.7. The number of nitrogens with one attached hydrogen (secondary N) is 3. The summed E-state index contributed by atoms with van der Waals surface area (Å²) in [6, 6.07) is 85.1. The smallest absolute Gasteiger partial charge is 0.439 e. The number of carboxylic acid groups (broad SMARTS) is 1. The van der Waals surface area contributed by atoms with Crippen LogP contribution in [0.4, 0.5) is 4.79 Å². The molecule has 6 heterocycles. The number of carboxylic acids is 1. The zero-order chi connectivity index (χ0) is 99.2. The van der Waals surface area contributed by atoms with Crippen LogP contribution in [-0.4, -0.2) is 173 Å². The van der Waals surface area contributed by atoms with Crippen LogP contribution in [0.3, 0.4) is 0 Å². The Kier molecular flexibility index (Phi) is 31.4. The van der Waals surface area contributed by atoms with E-state index >= 15 is 0 Å². The van der Waals surface area contributed by atoms with Crippen molar-refractivity contribution in [1.82, 2.24) is 58.5 Å². The maximum Gasteiger partial charge on any atom is 0.439 e. The van der Waals surface area contributed by atoms with Gasteiger partial charge < -0.3 is 52.5 Å². The van der Waals surface area contributed by atoms with Crippen molar-refractivity contribution in [3.05, 3.63) is 344 Å². The third-order valence-electron chi connectivity index (χ3n) is 22.4. The summed E-state index contributed by atoms with van der Waals surface area (Å²) in [7, 11) is 5.35. The van der Waals surface area contributed by atoms with E-state index in [4.69, 9.17) is 52.8 Å². The van der Waals surface area contributed by atoms with Gasteiger partial charge in [0.25, 0.3) is 24.0 Å². The topological polar surface area (TPSA) is 423 Å². The maximum atomic E-state index is 12.5. The number of H-pyrrole nitrogens is 2. The lowest BCUT2D eigenvalue weighted by Crippen LogP contribution is -2.11. The van der Waals surface area contributed by atoms with E-state index in [-0.39, 0.29) is 17.4 Å². The number of methoxy groups -OCH3 is 4. The largest absolute Gasteiger partial charge is 0.478 e. The van der Waals surface area contributed by atoms with E-state index < -0.39 is 41.5 Å². The number of aromatic amines is 2. The molecule has 141 heavy (non-hydrogen) atoms. The number of fused-ring (bicyclic) bond motifs is 4. The molecule has 1 amide bonds. The molecule has 18 aromatic rings. The molecule has 6 aromatic heterocycles. The molecule has 34 heteroatoms. The summed E-state index contributed by atoms with van der Waals surface area (Å²) in [5, 5.41) is 25.5. The number of rotatable bonds is 30. The van der Waals surface area contributed by atoms with E-state index in [1.165, 1.54) is 28.4 Å². The standard InChI is InChI=1S/C29H29N3O6.C27H27N3O4.C26H22N4O5.C25H20N4O5/c1-5-37-26(31-29(34)36-4)22-11-8-7-10-21(22)20-16-14-19(15-17-20)18-32-25-23(27(33)35-3)12-9-13-24(25)30-28(32)38-6-2;1-4-33-25(28)21-10-7-6-9-20(21)19-15-13-18(14-16-19)17-30-24-22(26(31)32-3)11-8-12-23(24)29-27(30)34-5-2;1-3-34-25-27-21-10-6-9-20(24(31)33-2)22(21)30(25)15-16-11-13-17(14-12-16)18-7-4-5-8-19(18)23-28-26(32)35-29-23;1-2-33-24-26-20-9-5-8-19(23(30)31)21(20)29(24)14-15-10-12-16(13-11-15)17-6-3-4-7-18(17)22-27-25(32)34-28-22/h7-17H,5-6,18H2,1-4H3;6-16,28H,4-5,17H2,1-3H3;4-14H,3,15H2,1-2H3,(H,28,29,32);3-13H,2,14H2,1H3,(H,30,31)(H,27,28,32). The van der Waals surface area contributed by atoms with E-state index in [1.54, 1.807) is 59.2 Å². The van der Waals surface area contributed by atoms with E-state index in [1.807, 2.05) is 268 Å². The first-order valence-corrected chi connectivity index (χ1v) is 45.0. The molecule has 0 saturated carbocycles. The van der Waals surface area contributed by atoms with Gasteiger partial charge in [-0.2, -0.15) is 19.9 Å². The lowest BCUT2D eigenvalue weighted by molar-refractivity contribution is 0.0593. The first-order valence-electron chi connectivity index (χ1n) is 45.0. The molecule has 12 aromatic carbocycles. The Morgan fingerprint density at radius 2 is 0.617 bits per heavy atom. The molecular weight excluding hydrogens is 1800 g/mol. The van der Waals surface area contributed by atoms with Crippen molar-refractivity contribution in [3.63, 3.8) is 0 Å². The minimum Gasteiger partial charge on any atom is -0.478 e. The third-order valence-corrected chi connectivity index (χ3v) is 22.4. The Labute approximate surface area is 806 Å². The number of carbonyl (C=O) groups excluding carboxylic acids is 4. The third kappa shape index (κ3) is 22.0. The molecule has 0 aliphatic carbocycles. The zero-order valence-corrected chi connectivity index (χ0v) is 78.6. The number of ether oxygens (including phenoxy) is 10. The fraction of sp³-hybridized carbons (Fsp3) is 0.187. The van der Waals surface area contributed by atoms with Gasteiger partial charge in [0, 0.05) is 22.3 Å². The number of amides is 1. The van der Waals surface area contributed by atoms with Crippen LogP contribution in [-0.2, 0) is 54.6 Å². The minimum atomic E-state index is -1.02. The molecule has 716 valence electrons. The predicted molar refractivity (Wildman–Crippen MR) is 530 cm³/mol. The second-order valence-electron chi connectivity index (χ2n) is 31.1. The molecule has 0 unspecified atom stereocenters. The van der Waals surface area contributed by atoms with Gasteiger partial charge in [-0.3, -0.25) is 42.7 Å². The maximum absolute atomic E-state index is 12.5. The molecule has 34 nitrogen and oxygen atoms in total. The summed E-state index contributed by atoms with van der Waals surface area (Å²) in [6.45, 7) is 15.5. The van der Waals surface area contributed by atoms with E-state index in [0.29, 0.717) is 168 Å². The first kappa shape index (κ1) is 97.4. The Morgan fingerprint density at radius 3 is 0.915 bits per heavy atom. The van der Waals surface area contributed by atoms with Crippen LogP contribution in [0.5, 0.6) is 24.0 Å². The summed E-state index contributed by atoms with van der Waals surface area (Å²) in [6.07, 6.45) is -0.734. The van der Waals surface area contributed by atoms with E-state index in [2.05, 4.69) is 54.3 Å². The van der Waals surface area contributed by atoms with Gasteiger partial charge in [0.2, 0.25) is 11.8 Å². The normalized spacial score (nSPS) is 11.1. The van der Waals surface area contributed by atoms with Crippen molar-refractivity contribution < 1.29 is 85.5 Å². The minimum absolute atomic E-state index is 0.156. The number of esters is 3.